The quantitative estimate of drug-likeness (QED) is 0.560. The minimum Gasteiger partial charge on any atom is -0.501 e. The molecule has 1 aromatic heterocycles. The van der Waals surface area contributed by atoms with E-state index >= 15 is 0 Å². The predicted octanol–water partition coefficient (Wildman–Crippen LogP) is 2.73. The number of thiazole rings is 1. The van der Waals surface area contributed by atoms with Gasteiger partial charge in [0.05, 0.1) is 18.9 Å². The second-order valence-corrected chi connectivity index (χ2v) is 4.49. The van der Waals surface area contributed by atoms with E-state index in [1.54, 1.807) is 18.4 Å². The Morgan fingerprint density at radius 2 is 2.13 bits per heavy atom. The molecule has 0 aliphatic heterocycles. The fourth-order valence-corrected chi connectivity index (χ4v) is 2.62. The first kappa shape index (κ1) is 10.2. The van der Waals surface area contributed by atoms with Crippen molar-refractivity contribution in [2.24, 2.45) is 7.05 Å². The fourth-order valence-electron chi connectivity index (χ4n) is 1.48. The highest BCUT2D eigenvalue weighted by molar-refractivity contribution is 7.18. The Labute approximate surface area is 93.4 Å². The van der Waals surface area contributed by atoms with E-state index in [0.29, 0.717) is 0 Å². The van der Waals surface area contributed by atoms with E-state index in [0.717, 1.165) is 5.76 Å². The molecule has 3 heteroatoms. The number of para-hydroxylation sites is 1. The maximum absolute atomic E-state index is 5.16. The molecule has 0 saturated carbocycles. The molecule has 0 spiro atoms. The maximum atomic E-state index is 5.16. The summed E-state index contributed by atoms with van der Waals surface area (Å²) in [6, 6.07) is 8.39. The first-order valence-electron chi connectivity index (χ1n) is 4.82. The van der Waals surface area contributed by atoms with Gasteiger partial charge in [-0.15, -0.1) is 0 Å². The summed E-state index contributed by atoms with van der Waals surface area (Å²) in [5, 5.41) is 1.20. The molecule has 1 aromatic carbocycles. The number of aryl methyl sites for hydroxylation is 1. The van der Waals surface area contributed by atoms with Crippen LogP contribution in [0.2, 0.25) is 0 Å². The van der Waals surface area contributed by atoms with Crippen molar-refractivity contribution in [1.82, 2.24) is 0 Å². The summed E-state index contributed by atoms with van der Waals surface area (Å²) in [6.07, 6.45) is 2.06. The Bertz CT molecular complexity index is 513. The van der Waals surface area contributed by atoms with E-state index in [2.05, 4.69) is 42.0 Å². The van der Waals surface area contributed by atoms with Gasteiger partial charge in [-0.25, -0.2) is 0 Å². The minimum absolute atomic E-state index is 0.928. The van der Waals surface area contributed by atoms with Gasteiger partial charge in [0.15, 0.2) is 0 Å². The molecule has 2 nitrogen and oxygen atoms in total. The number of benzene rings is 1. The number of allylic oxidation sites excluding steroid dienone is 1. The summed E-state index contributed by atoms with van der Waals surface area (Å²) in [5.41, 5.74) is 1.26. The van der Waals surface area contributed by atoms with Crippen molar-refractivity contribution in [2.45, 2.75) is 6.92 Å². The standard InChI is InChI=1S/C12H14NOS/c1-9(14-3)8-12-13(2)10-6-4-5-7-11(10)15-12/h4-8H,1-3H3/q+1/b9-8+. The zero-order chi connectivity index (χ0) is 10.8. The summed E-state index contributed by atoms with van der Waals surface area (Å²) in [4.78, 5) is 0. The monoisotopic (exact) mass is 220 g/mol. The Morgan fingerprint density at radius 3 is 2.80 bits per heavy atom. The van der Waals surface area contributed by atoms with Crippen molar-refractivity contribution in [3.63, 3.8) is 0 Å². The van der Waals surface area contributed by atoms with Crippen LogP contribution in [0.1, 0.15) is 11.9 Å². The van der Waals surface area contributed by atoms with Crippen LogP contribution in [-0.4, -0.2) is 7.11 Å². The van der Waals surface area contributed by atoms with Crippen molar-refractivity contribution >= 4 is 27.6 Å². The number of fused-ring (bicyclic) bond motifs is 1. The molecule has 0 fully saturated rings. The van der Waals surface area contributed by atoms with Crippen LogP contribution in [0, 0.1) is 0 Å². The van der Waals surface area contributed by atoms with E-state index in [1.807, 2.05) is 6.92 Å². The van der Waals surface area contributed by atoms with Gasteiger partial charge in [0.25, 0.3) is 5.01 Å². The highest BCUT2D eigenvalue weighted by Gasteiger charge is 2.14. The Hall–Kier alpha value is -1.35. The molecule has 1 heterocycles. The van der Waals surface area contributed by atoms with Crippen molar-refractivity contribution in [1.29, 1.82) is 0 Å². The number of methoxy groups -OCH3 is 1. The van der Waals surface area contributed by atoms with E-state index in [-0.39, 0.29) is 0 Å². The van der Waals surface area contributed by atoms with E-state index in [9.17, 15) is 0 Å². The normalized spacial score (nSPS) is 12.1. The number of nitrogens with zero attached hydrogens (tertiary/aromatic N) is 1. The molecule has 2 aromatic rings. The summed E-state index contributed by atoms with van der Waals surface area (Å²) in [7, 11) is 3.77. The SMILES string of the molecule is CO/C(C)=C/c1sc2ccccc2[n+]1C. The fraction of sp³-hybridized carbons (Fsp3) is 0.250. The summed E-state index contributed by atoms with van der Waals surface area (Å²) >= 11 is 1.77. The average Bonchev–Trinajstić information content (AvgIpc) is 2.57. The number of hydrogen-bond donors (Lipinski definition) is 0. The van der Waals surface area contributed by atoms with Crippen LogP contribution in [0.3, 0.4) is 0 Å². The second-order valence-electron chi connectivity index (χ2n) is 3.43. The molecule has 0 unspecified atom stereocenters. The highest BCUT2D eigenvalue weighted by Crippen LogP contribution is 2.21. The minimum atomic E-state index is 0.928. The summed E-state index contributed by atoms with van der Waals surface area (Å²) in [5.74, 6) is 0.928. The molecule has 15 heavy (non-hydrogen) atoms. The third-order valence-electron chi connectivity index (χ3n) is 2.42. The Kier molecular flexibility index (Phi) is 2.73. The molecule has 0 N–H and O–H groups in total. The van der Waals surface area contributed by atoms with Gasteiger partial charge in [-0.2, -0.15) is 4.57 Å². The molecule has 2 rings (SSSR count). The third kappa shape index (κ3) is 1.88. The summed E-state index contributed by atoms with van der Waals surface area (Å²) in [6.45, 7) is 1.96. The number of rotatable bonds is 2. The highest BCUT2D eigenvalue weighted by atomic mass is 32.1. The van der Waals surface area contributed by atoms with Crippen LogP contribution in [0.5, 0.6) is 0 Å². The van der Waals surface area contributed by atoms with Crippen LogP contribution >= 0.6 is 11.3 Å². The van der Waals surface area contributed by atoms with Gasteiger partial charge < -0.3 is 4.74 Å². The molecule has 0 aliphatic carbocycles. The van der Waals surface area contributed by atoms with E-state index in [1.165, 1.54) is 15.2 Å². The van der Waals surface area contributed by atoms with Gasteiger partial charge in [0.1, 0.15) is 11.7 Å². The van der Waals surface area contributed by atoms with Crippen LogP contribution in [-0.2, 0) is 11.8 Å². The third-order valence-corrected chi connectivity index (χ3v) is 3.59. The van der Waals surface area contributed by atoms with Gasteiger partial charge in [-0.05, 0) is 13.0 Å². The van der Waals surface area contributed by atoms with Crippen molar-refractivity contribution in [2.75, 3.05) is 7.11 Å². The van der Waals surface area contributed by atoms with Crippen LogP contribution < -0.4 is 4.57 Å². The van der Waals surface area contributed by atoms with Crippen molar-refractivity contribution in [3.8, 4) is 0 Å². The number of hydrogen-bond acceptors (Lipinski definition) is 2. The average molecular weight is 220 g/mol. The molecule has 0 radical (unpaired) electrons. The number of aromatic nitrogens is 1. The maximum Gasteiger partial charge on any atom is 0.265 e. The molecule has 0 amide bonds. The first-order valence-corrected chi connectivity index (χ1v) is 5.64. The van der Waals surface area contributed by atoms with Gasteiger partial charge in [0, 0.05) is 6.07 Å². The number of ether oxygens (including phenoxy) is 1. The lowest BCUT2D eigenvalue weighted by molar-refractivity contribution is -0.642. The smallest absolute Gasteiger partial charge is 0.265 e. The van der Waals surface area contributed by atoms with Gasteiger partial charge in [0.2, 0.25) is 5.52 Å². The molecular formula is C12H14NOS+. The van der Waals surface area contributed by atoms with E-state index < -0.39 is 0 Å². The molecule has 0 bridgehead atoms. The lowest BCUT2D eigenvalue weighted by Gasteiger charge is -1.94. The first-order chi connectivity index (χ1) is 7.22. The predicted molar refractivity (Wildman–Crippen MR) is 63.7 cm³/mol. The van der Waals surface area contributed by atoms with Gasteiger partial charge in [-0.3, -0.25) is 0 Å². The zero-order valence-corrected chi connectivity index (χ0v) is 9.97. The molecular weight excluding hydrogens is 206 g/mol. The topological polar surface area (TPSA) is 13.1 Å². The van der Waals surface area contributed by atoms with Gasteiger partial charge in [-0.1, -0.05) is 23.5 Å². The summed E-state index contributed by atoms with van der Waals surface area (Å²) < 4.78 is 8.64. The largest absolute Gasteiger partial charge is 0.501 e. The van der Waals surface area contributed by atoms with Crippen LogP contribution in [0.15, 0.2) is 30.0 Å². The molecule has 0 saturated heterocycles. The lowest BCUT2D eigenvalue weighted by atomic mass is 10.3. The zero-order valence-electron chi connectivity index (χ0n) is 9.15. The lowest BCUT2D eigenvalue weighted by Crippen LogP contribution is -2.28. The Morgan fingerprint density at radius 1 is 1.40 bits per heavy atom. The second kappa shape index (κ2) is 4.03. The molecule has 0 atom stereocenters. The van der Waals surface area contributed by atoms with Crippen LogP contribution in [0.25, 0.3) is 16.3 Å². The van der Waals surface area contributed by atoms with Crippen LogP contribution in [0.4, 0.5) is 0 Å². The van der Waals surface area contributed by atoms with Crippen molar-refractivity contribution < 1.29 is 9.30 Å². The molecule has 0 aliphatic rings. The van der Waals surface area contributed by atoms with Crippen molar-refractivity contribution in [3.05, 3.63) is 35.0 Å². The Balaban J connectivity index is 2.58. The van der Waals surface area contributed by atoms with Gasteiger partial charge >= 0.3 is 0 Å². The van der Waals surface area contributed by atoms with E-state index in [4.69, 9.17) is 4.74 Å². The molecule has 78 valence electrons.